The Morgan fingerprint density at radius 2 is 1.96 bits per heavy atom. The van der Waals surface area contributed by atoms with Gasteiger partial charge >= 0.3 is 5.63 Å². The van der Waals surface area contributed by atoms with Crippen LogP contribution < -0.4 is 5.63 Å². The van der Waals surface area contributed by atoms with Crippen molar-refractivity contribution >= 4 is 50.0 Å². The molecule has 140 valence electrons. The van der Waals surface area contributed by atoms with Gasteiger partial charge in [-0.3, -0.25) is 0 Å². The molecule has 9 heteroatoms. The average Bonchev–Trinajstić information content (AvgIpc) is 3.30. The summed E-state index contributed by atoms with van der Waals surface area (Å²) in [5.74, 6) is 0.560. The van der Waals surface area contributed by atoms with Gasteiger partial charge in [-0.25, -0.2) is 19.4 Å². The summed E-state index contributed by atoms with van der Waals surface area (Å²) in [6.07, 6.45) is 4.31. The molecule has 6 nitrogen and oxygen atoms in total. The molecule has 0 spiro atoms. The van der Waals surface area contributed by atoms with Crippen molar-refractivity contribution in [1.29, 1.82) is 0 Å². The standard InChI is InChI=1S/C19H11BrCl2N4O2/c20-15-8-14(26(25-15)17-12(21)5-2-6-23-17)18-24-16-10-4-1-3-9(10)13(22)7-11(16)19(27)28-18/h2,5-8H,1,3-4H2. The van der Waals surface area contributed by atoms with Gasteiger partial charge in [-0.1, -0.05) is 23.2 Å². The van der Waals surface area contributed by atoms with E-state index in [1.54, 1.807) is 30.5 Å². The smallest absolute Gasteiger partial charge is 0.347 e. The van der Waals surface area contributed by atoms with E-state index >= 15 is 0 Å². The molecular formula is C19H11BrCl2N4O2. The van der Waals surface area contributed by atoms with E-state index < -0.39 is 5.63 Å². The van der Waals surface area contributed by atoms with E-state index in [1.807, 2.05) is 0 Å². The number of rotatable bonds is 2. The van der Waals surface area contributed by atoms with E-state index in [1.165, 1.54) is 4.68 Å². The quantitative estimate of drug-likeness (QED) is 0.406. The maximum Gasteiger partial charge on any atom is 0.347 e. The highest BCUT2D eigenvalue weighted by Crippen LogP contribution is 2.35. The largest absolute Gasteiger partial charge is 0.401 e. The van der Waals surface area contributed by atoms with Crippen LogP contribution in [0, 0.1) is 0 Å². The summed E-state index contributed by atoms with van der Waals surface area (Å²) in [5.41, 5.74) is 2.67. The topological polar surface area (TPSA) is 73.8 Å². The van der Waals surface area contributed by atoms with Crippen molar-refractivity contribution in [2.45, 2.75) is 19.3 Å². The van der Waals surface area contributed by atoms with Gasteiger partial charge in [-0.15, -0.1) is 0 Å². The Morgan fingerprint density at radius 1 is 1.14 bits per heavy atom. The second kappa shape index (κ2) is 6.69. The van der Waals surface area contributed by atoms with Gasteiger partial charge in [0.25, 0.3) is 0 Å². The maximum absolute atomic E-state index is 12.7. The van der Waals surface area contributed by atoms with E-state index in [0.29, 0.717) is 37.1 Å². The van der Waals surface area contributed by atoms with E-state index in [2.05, 4.69) is 31.0 Å². The highest BCUT2D eigenvalue weighted by molar-refractivity contribution is 9.10. The van der Waals surface area contributed by atoms with Crippen molar-refractivity contribution in [2.24, 2.45) is 0 Å². The van der Waals surface area contributed by atoms with Crippen LogP contribution in [0.25, 0.3) is 28.3 Å². The lowest BCUT2D eigenvalue weighted by Gasteiger charge is -2.09. The number of fused-ring (bicyclic) bond motifs is 3. The zero-order valence-corrected chi connectivity index (χ0v) is 17.3. The zero-order chi connectivity index (χ0) is 19.4. The van der Waals surface area contributed by atoms with Gasteiger partial charge < -0.3 is 4.42 Å². The lowest BCUT2D eigenvalue weighted by molar-refractivity contribution is 0.513. The molecule has 0 radical (unpaired) electrons. The van der Waals surface area contributed by atoms with Crippen LogP contribution in [0.5, 0.6) is 0 Å². The van der Waals surface area contributed by atoms with E-state index in [-0.39, 0.29) is 5.89 Å². The SMILES string of the molecule is O=c1oc(-c2cc(Br)nn2-c2ncccc2Cl)nc2c3c(c(Cl)cc12)CCC3. The number of pyridine rings is 1. The van der Waals surface area contributed by atoms with Crippen LogP contribution in [0.15, 0.2) is 44.3 Å². The lowest BCUT2D eigenvalue weighted by Crippen LogP contribution is -2.08. The summed E-state index contributed by atoms with van der Waals surface area (Å²) in [5, 5.41) is 5.77. The molecule has 0 bridgehead atoms. The first-order valence-corrected chi connectivity index (χ1v) is 10.1. The Bertz CT molecular complexity index is 1320. The number of hydrogen-bond acceptors (Lipinski definition) is 5. The van der Waals surface area contributed by atoms with Crippen LogP contribution in [-0.2, 0) is 12.8 Å². The fourth-order valence-corrected chi connectivity index (χ4v) is 4.47. The van der Waals surface area contributed by atoms with Crippen LogP contribution in [0.2, 0.25) is 10.0 Å². The van der Waals surface area contributed by atoms with Gasteiger partial charge in [-0.2, -0.15) is 5.10 Å². The van der Waals surface area contributed by atoms with Gasteiger partial charge in [0.15, 0.2) is 5.82 Å². The summed E-state index contributed by atoms with van der Waals surface area (Å²) in [6, 6.07) is 6.79. The fraction of sp³-hybridized carbons (Fsp3) is 0.158. The Morgan fingerprint density at radius 3 is 2.79 bits per heavy atom. The van der Waals surface area contributed by atoms with E-state index in [4.69, 9.17) is 27.6 Å². The molecule has 0 fully saturated rings. The van der Waals surface area contributed by atoms with Crippen LogP contribution in [0.3, 0.4) is 0 Å². The highest BCUT2D eigenvalue weighted by atomic mass is 79.9. The van der Waals surface area contributed by atoms with Crippen molar-refractivity contribution < 1.29 is 4.42 Å². The highest BCUT2D eigenvalue weighted by Gasteiger charge is 2.23. The first-order valence-electron chi connectivity index (χ1n) is 8.55. The van der Waals surface area contributed by atoms with Gasteiger partial charge in [0, 0.05) is 17.3 Å². The van der Waals surface area contributed by atoms with E-state index in [9.17, 15) is 4.79 Å². The molecule has 28 heavy (non-hydrogen) atoms. The van der Waals surface area contributed by atoms with Crippen LogP contribution in [0.4, 0.5) is 0 Å². The van der Waals surface area contributed by atoms with Crippen molar-refractivity contribution in [3.63, 3.8) is 0 Å². The van der Waals surface area contributed by atoms with Crippen LogP contribution >= 0.6 is 39.1 Å². The summed E-state index contributed by atoms with van der Waals surface area (Å²) in [7, 11) is 0. The number of aryl methyl sites for hydroxylation is 1. The molecule has 5 rings (SSSR count). The lowest BCUT2D eigenvalue weighted by atomic mass is 10.1. The van der Waals surface area contributed by atoms with Gasteiger partial charge in [0.2, 0.25) is 5.89 Å². The Hall–Kier alpha value is -2.22. The second-order valence-electron chi connectivity index (χ2n) is 6.44. The molecule has 0 atom stereocenters. The van der Waals surface area contributed by atoms with Crippen molar-refractivity contribution in [3.8, 4) is 17.4 Å². The minimum atomic E-state index is -0.493. The summed E-state index contributed by atoms with van der Waals surface area (Å²) in [6.45, 7) is 0. The number of hydrogen-bond donors (Lipinski definition) is 0. The maximum atomic E-state index is 12.7. The number of halogens is 3. The fourth-order valence-electron chi connectivity index (χ4n) is 3.57. The number of benzene rings is 1. The molecular weight excluding hydrogens is 467 g/mol. The molecule has 0 amide bonds. The molecule has 3 aromatic heterocycles. The summed E-state index contributed by atoms with van der Waals surface area (Å²) >= 11 is 16.0. The third-order valence-electron chi connectivity index (χ3n) is 4.78. The van der Waals surface area contributed by atoms with Crippen LogP contribution in [0.1, 0.15) is 17.5 Å². The average molecular weight is 478 g/mol. The molecule has 0 unspecified atom stereocenters. The van der Waals surface area contributed by atoms with Crippen LogP contribution in [-0.4, -0.2) is 19.7 Å². The first kappa shape index (κ1) is 17.8. The monoisotopic (exact) mass is 476 g/mol. The molecule has 1 aliphatic rings. The van der Waals surface area contributed by atoms with Crippen molar-refractivity contribution in [1.82, 2.24) is 19.7 Å². The summed E-state index contributed by atoms with van der Waals surface area (Å²) in [4.78, 5) is 21.7. The molecule has 0 aliphatic heterocycles. The van der Waals surface area contributed by atoms with Crippen molar-refractivity contribution in [2.75, 3.05) is 0 Å². The molecule has 1 aromatic carbocycles. The zero-order valence-electron chi connectivity index (χ0n) is 14.2. The predicted octanol–water partition coefficient (Wildman–Crippen LogP) is 4.99. The number of aromatic nitrogens is 4. The Balaban J connectivity index is 1.79. The van der Waals surface area contributed by atoms with Crippen molar-refractivity contribution in [3.05, 3.63) is 66.7 Å². The molecule has 3 heterocycles. The predicted molar refractivity (Wildman–Crippen MR) is 110 cm³/mol. The second-order valence-corrected chi connectivity index (χ2v) is 8.07. The van der Waals surface area contributed by atoms with Gasteiger partial charge in [-0.05, 0) is 64.5 Å². The number of nitrogens with zero attached hydrogens (tertiary/aromatic N) is 4. The minimum Gasteiger partial charge on any atom is -0.401 e. The molecule has 0 saturated heterocycles. The Labute approximate surface area is 177 Å². The van der Waals surface area contributed by atoms with Gasteiger partial charge in [0.05, 0.1) is 15.9 Å². The molecule has 0 N–H and O–H groups in total. The third kappa shape index (κ3) is 2.77. The molecule has 0 saturated carbocycles. The summed E-state index contributed by atoms with van der Waals surface area (Å²) < 4.78 is 7.57. The minimum absolute atomic E-state index is 0.147. The Kier molecular flexibility index (Phi) is 4.26. The van der Waals surface area contributed by atoms with E-state index in [0.717, 1.165) is 30.4 Å². The molecule has 4 aromatic rings. The third-order valence-corrected chi connectivity index (χ3v) is 5.80. The first-order chi connectivity index (χ1) is 13.5. The molecule has 1 aliphatic carbocycles. The normalized spacial score (nSPS) is 13.2. The van der Waals surface area contributed by atoms with Gasteiger partial charge in [0.1, 0.15) is 10.3 Å².